The largest absolute Gasteiger partial charge is 0.462 e. The Morgan fingerprint density at radius 1 is 1.37 bits per heavy atom. The van der Waals surface area contributed by atoms with Crippen molar-refractivity contribution in [1.29, 1.82) is 0 Å². The van der Waals surface area contributed by atoms with Gasteiger partial charge in [-0.05, 0) is 38.1 Å². The fourth-order valence-corrected chi connectivity index (χ4v) is 2.97. The second-order valence-corrected chi connectivity index (χ2v) is 5.81. The van der Waals surface area contributed by atoms with Gasteiger partial charge in [0, 0.05) is 6.54 Å². The van der Waals surface area contributed by atoms with Crippen molar-refractivity contribution in [2.45, 2.75) is 51.3 Å². The Morgan fingerprint density at radius 3 is 2.63 bits per heavy atom. The van der Waals surface area contributed by atoms with Crippen LogP contribution in [0.1, 0.15) is 39.0 Å². The topological polar surface area (TPSA) is 38.3 Å². The molecular formula is C13H20F3NO2. The predicted octanol–water partition coefficient (Wildman–Crippen LogP) is 2.65. The molecule has 0 aromatic heterocycles. The standard InChI is InChI=1S/C13H20F3NO2/c1-9-3-2-4-10(7-9)19-11(18)12(13(14,15)16)5-6-17-8-12/h9-10,17H,2-8H2,1H3. The van der Waals surface area contributed by atoms with Gasteiger partial charge in [-0.15, -0.1) is 0 Å². The van der Waals surface area contributed by atoms with Gasteiger partial charge in [-0.1, -0.05) is 13.3 Å². The second-order valence-electron chi connectivity index (χ2n) is 5.81. The van der Waals surface area contributed by atoms with E-state index in [0.717, 1.165) is 12.8 Å². The summed E-state index contributed by atoms with van der Waals surface area (Å²) in [5.74, 6) is -0.681. The highest BCUT2D eigenvalue weighted by atomic mass is 19.4. The zero-order chi connectivity index (χ0) is 14.1. The van der Waals surface area contributed by atoms with Crippen molar-refractivity contribution < 1.29 is 22.7 Å². The zero-order valence-electron chi connectivity index (χ0n) is 11.1. The Labute approximate surface area is 110 Å². The Bertz CT molecular complexity index is 337. The van der Waals surface area contributed by atoms with Crippen LogP contribution >= 0.6 is 0 Å². The number of hydrogen-bond acceptors (Lipinski definition) is 3. The normalized spacial score (nSPS) is 36.2. The number of carbonyl (C=O) groups excluding carboxylic acids is 1. The molecule has 0 radical (unpaired) electrons. The SMILES string of the molecule is CC1CCCC(OC(=O)C2(C(F)(F)F)CCNC2)C1. The maximum absolute atomic E-state index is 13.2. The van der Waals surface area contributed by atoms with Crippen LogP contribution in [0.3, 0.4) is 0 Å². The summed E-state index contributed by atoms with van der Waals surface area (Å²) < 4.78 is 44.6. The fourth-order valence-electron chi connectivity index (χ4n) is 2.97. The summed E-state index contributed by atoms with van der Waals surface area (Å²) >= 11 is 0. The molecule has 1 aliphatic carbocycles. The summed E-state index contributed by atoms with van der Waals surface area (Å²) in [6.45, 7) is 1.88. The molecule has 2 aliphatic rings. The summed E-state index contributed by atoms with van der Waals surface area (Å²) in [4.78, 5) is 12.0. The van der Waals surface area contributed by atoms with Crippen LogP contribution in [0.25, 0.3) is 0 Å². The van der Waals surface area contributed by atoms with Crippen molar-refractivity contribution >= 4 is 5.97 Å². The maximum Gasteiger partial charge on any atom is 0.406 e. The van der Waals surface area contributed by atoms with E-state index in [-0.39, 0.29) is 25.6 Å². The second kappa shape index (κ2) is 5.31. The first-order valence-electron chi connectivity index (χ1n) is 6.84. The summed E-state index contributed by atoms with van der Waals surface area (Å²) in [6.07, 6.45) is -1.80. The molecule has 0 spiro atoms. The zero-order valence-corrected chi connectivity index (χ0v) is 11.1. The lowest BCUT2D eigenvalue weighted by atomic mass is 9.85. The van der Waals surface area contributed by atoms with Crippen LogP contribution < -0.4 is 5.32 Å². The quantitative estimate of drug-likeness (QED) is 0.790. The number of rotatable bonds is 2. The molecule has 0 amide bonds. The number of ether oxygens (including phenoxy) is 1. The van der Waals surface area contributed by atoms with E-state index in [2.05, 4.69) is 5.32 Å². The molecule has 1 saturated carbocycles. The molecular weight excluding hydrogens is 259 g/mol. The molecule has 19 heavy (non-hydrogen) atoms. The van der Waals surface area contributed by atoms with Crippen LogP contribution in [0.5, 0.6) is 0 Å². The molecule has 1 N–H and O–H groups in total. The van der Waals surface area contributed by atoms with Crippen molar-refractivity contribution in [2.75, 3.05) is 13.1 Å². The third kappa shape index (κ3) is 2.88. The van der Waals surface area contributed by atoms with E-state index >= 15 is 0 Å². The Hall–Kier alpha value is -0.780. The fraction of sp³-hybridized carbons (Fsp3) is 0.923. The van der Waals surface area contributed by atoms with Crippen LogP contribution in [0.4, 0.5) is 13.2 Å². The van der Waals surface area contributed by atoms with Crippen LogP contribution in [0.2, 0.25) is 0 Å². The number of nitrogens with one attached hydrogen (secondary N) is 1. The summed E-state index contributed by atoms with van der Waals surface area (Å²) in [5, 5.41) is 2.63. The van der Waals surface area contributed by atoms with Crippen LogP contribution in [0, 0.1) is 11.3 Å². The van der Waals surface area contributed by atoms with Crippen molar-refractivity contribution in [1.82, 2.24) is 5.32 Å². The van der Waals surface area contributed by atoms with E-state index in [0.29, 0.717) is 18.8 Å². The Kier molecular flexibility index (Phi) is 4.08. The third-order valence-electron chi connectivity index (χ3n) is 4.25. The van der Waals surface area contributed by atoms with Gasteiger partial charge in [-0.3, -0.25) is 4.79 Å². The molecule has 6 heteroatoms. The van der Waals surface area contributed by atoms with Gasteiger partial charge >= 0.3 is 12.1 Å². The molecule has 0 aromatic carbocycles. The molecule has 110 valence electrons. The van der Waals surface area contributed by atoms with Crippen molar-refractivity contribution in [3.8, 4) is 0 Å². The smallest absolute Gasteiger partial charge is 0.406 e. The Balaban J connectivity index is 2.04. The molecule has 0 aromatic rings. The molecule has 1 heterocycles. The van der Waals surface area contributed by atoms with Crippen LogP contribution in [0.15, 0.2) is 0 Å². The number of carbonyl (C=O) groups is 1. The Morgan fingerprint density at radius 2 is 2.11 bits per heavy atom. The molecule has 0 bridgehead atoms. The predicted molar refractivity (Wildman–Crippen MR) is 63.5 cm³/mol. The number of alkyl halides is 3. The minimum Gasteiger partial charge on any atom is -0.462 e. The van der Waals surface area contributed by atoms with Gasteiger partial charge in [0.05, 0.1) is 0 Å². The molecule has 3 atom stereocenters. The molecule has 1 aliphatic heterocycles. The van der Waals surface area contributed by atoms with Gasteiger partial charge in [-0.2, -0.15) is 13.2 Å². The first-order valence-corrected chi connectivity index (χ1v) is 6.84. The van der Waals surface area contributed by atoms with Crippen molar-refractivity contribution in [2.24, 2.45) is 11.3 Å². The number of esters is 1. The number of halogens is 3. The molecule has 3 nitrogen and oxygen atoms in total. The van der Waals surface area contributed by atoms with E-state index in [1.165, 1.54) is 0 Å². The van der Waals surface area contributed by atoms with E-state index in [1.54, 1.807) is 0 Å². The third-order valence-corrected chi connectivity index (χ3v) is 4.25. The monoisotopic (exact) mass is 279 g/mol. The molecule has 1 saturated heterocycles. The lowest BCUT2D eigenvalue weighted by Gasteiger charge is -2.33. The maximum atomic E-state index is 13.2. The van der Waals surface area contributed by atoms with Crippen LogP contribution in [-0.2, 0) is 9.53 Å². The number of hydrogen-bond donors (Lipinski definition) is 1. The minimum absolute atomic E-state index is 0.204. The van der Waals surface area contributed by atoms with E-state index < -0.39 is 17.6 Å². The molecule has 2 rings (SSSR count). The van der Waals surface area contributed by atoms with Gasteiger partial charge in [0.15, 0.2) is 5.41 Å². The van der Waals surface area contributed by atoms with E-state index in [9.17, 15) is 18.0 Å². The van der Waals surface area contributed by atoms with Crippen LogP contribution in [-0.4, -0.2) is 31.3 Å². The lowest BCUT2D eigenvalue weighted by Crippen LogP contribution is -2.49. The first-order chi connectivity index (χ1) is 8.85. The highest BCUT2D eigenvalue weighted by molar-refractivity contribution is 5.79. The average molecular weight is 279 g/mol. The molecule has 2 fully saturated rings. The highest BCUT2D eigenvalue weighted by Crippen LogP contribution is 2.44. The lowest BCUT2D eigenvalue weighted by molar-refractivity contribution is -0.232. The average Bonchev–Trinajstić information content (AvgIpc) is 2.78. The first kappa shape index (κ1) is 14.6. The van der Waals surface area contributed by atoms with Crippen molar-refractivity contribution in [3.63, 3.8) is 0 Å². The summed E-state index contributed by atoms with van der Waals surface area (Å²) in [5.41, 5.74) is -2.34. The van der Waals surface area contributed by atoms with Gasteiger partial charge in [0.2, 0.25) is 0 Å². The van der Waals surface area contributed by atoms with Gasteiger partial charge in [0.25, 0.3) is 0 Å². The van der Waals surface area contributed by atoms with Crippen molar-refractivity contribution in [3.05, 3.63) is 0 Å². The summed E-state index contributed by atoms with van der Waals surface area (Å²) in [6, 6.07) is 0. The minimum atomic E-state index is -4.55. The van der Waals surface area contributed by atoms with Gasteiger partial charge in [0.1, 0.15) is 6.10 Å². The summed E-state index contributed by atoms with van der Waals surface area (Å²) in [7, 11) is 0. The van der Waals surface area contributed by atoms with E-state index in [1.807, 2.05) is 6.92 Å². The van der Waals surface area contributed by atoms with E-state index in [4.69, 9.17) is 4.74 Å². The highest BCUT2D eigenvalue weighted by Gasteiger charge is 2.62. The molecule has 3 unspecified atom stereocenters. The van der Waals surface area contributed by atoms with Gasteiger partial charge in [-0.25, -0.2) is 0 Å². The van der Waals surface area contributed by atoms with Gasteiger partial charge < -0.3 is 10.1 Å².